The van der Waals surface area contributed by atoms with Crippen molar-refractivity contribution in [1.29, 1.82) is 0 Å². The maximum Gasteiger partial charge on any atom is 0.310 e. The number of piperidine rings is 1. The molecule has 0 bridgehead atoms. The molecule has 0 spiro atoms. The minimum atomic E-state index is -0.263. The van der Waals surface area contributed by atoms with Crippen LogP contribution in [0.1, 0.15) is 35.8 Å². The number of esters is 1. The van der Waals surface area contributed by atoms with Crippen LogP contribution in [0.15, 0.2) is 34.9 Å². The third-order valence-corrected chi connectivity index (χ3v) is 4.39. The van der Waals surface area contributed by atoms with Crippen LogP contribution in [0.4, 0.5) is 0 Å². The summed E-state index contributed by atoms with van der Waals surface area (Å²) in [6, 6.07) is 9.48. The monoisotopic (exact) mass is 342 g/mol. The lowest BCUT2D eigenvalue weighted by Crippen LogP contribution is -2.42. The topological polar surface area (TPSA) is 72.6 Å². The normalized spacial score (nSPS) is 17.4. The largest absolute Gasteiger partial charge is 0.466 e. The lowest BCUT2D eigenvalue weighted by Gasteiger charge is -2.30. The van der Waals surface area contributed by atoms with Crippen LogP contribution < -0.4 is 0 Å². The highest BCUT2D eigenvalue weighted by atomic mass is 16.5. The first-order valence-corrected chi connectivity index (χ1v) is 8.58. The predicted molar refractivity (Wildman–Crippen MR) is 91.9 cm³/mol. The SMILES string of the molecule is CCOC(=O)[C@H]1CCCN(C(=O)c2cc(-c3ccc(C)cc3)on2)C1. The molecule has 1 aromatic carbocycles. The van der Waals surface area contributed by atoms with E-state index >= 15 is 0 Å². The molecule has 1 aliphatic heterocycles. The molecule has 1 amide bonds. The molecule has 0 unspecified atom stereocenters. The molecule has 1 aliphatic rings. The number of rotatable bonds is 4. The van der Waals surface area contributed by atoms with E-state index in [4.69, 9.17) is 9.26 Å². The molecule has 3 rings (SSSR count). The molecule has 6 nitrogen and oxygen atoms in total. The van der Waals surface area contributed by atoms with Crippen LogP contribution in [0.2, 0.25) is 0 Å². The maximum absolute atomic E-state index is 12.7. The fourth-order valence-electron chi connectivity index (χ4n) is 3.01. The van der Waals surface area contributed by atoms with Crippen molar-refractivity contribution < 1.29 is 18.8 Å². The van der Waals surface area contributed by atoms with Gasteiger partial charge in [-0.15, -0.1) is 0 Å². The molecular formula is C19H22N2O4. The summed E-state index contributed by atoms with van der Waals surface area (Å²) in [4.78, 5) is 26.3. The lowest BCUT2D eigenvalue weighted by molar-refractivity contribution is -0.149. The van der Waals surface area contributed by atoms with Crippen LogP contribution in [0.3, 0.4) is 0 Å². The van der Waals surface area contributed by atoms with Gasteiger partial charge in [-0.05, 0) is 26.7 Å². The Kier molecular flexibility index (Phi) is 5.16. The van der Waals surface area contributed by atoms with Gasteiger partial charge in [-0.1, -0.05) is 35.0 Å². The molecule has 2 aromatic rings. The van der Waals surface area contributed by atoms with Crippen molar-refractivity contribution >= 4 is 11.9 Å². The zero-order valence-electron chi connectivity index (χ0n) is 14.5. The third kappa shape index (κ3) is 3.90. The summed E-state index contributed by atoms with van der Waals surface area (Å²) in [5.74, 6) is -0.153. The van der Waals surface area contributed by atoms with E-state index in [1.165, 1.54) is 0 Å². The van der Waals surface area contributed by atoms with E-state index in [0.717, 1.165) is 24.0 Å². The first-order chi connectivity index (χ1) is 12.1. The van der Waals surface area contributed by atoms with Crippen LogP contribution >= 0.6 is 0 Å². The van der Waals surface area contributed by atoms with Gasteiger partial charge in [-0.2, -0.15) is 0 Å². The smallest absolute Gasteiger partial charge is 0.310 e. The number of aryl methyl sites for hydroxylation is 1. The average molecular weight is 342 g/mol. The van der Waals surface area contributed by atoms with E-state index in [0.29, 0.717) is 25.5 Å². The van der Waals surface area contributed by atoms with E-state index in [1.54, 1.807) is 17.9 Å². The third-order valence-electron chi connectivity index (χ3n) is 4.39. The van der Waals surface area contributed by atoms with E-state index in [2.05, 4.69) is 5.16 Å². The first-order valence-electron chi connectivity index (χ1n) is 8.58. The Morgan fingerprint density at radius 2 is 2.08 bits per heavy atom. The second kappa shape index (κ2) is 7.51. The first kappa shape index (κ1) is 17.2. The number of hydrogen-bond acceptors (Lipinski definition) is 5. The number of aromatic nitrogens is 1. The number of benzene rings is 1. The van der Waals surface area contributed by atoms with Gasteiger partial charge in [0.05, 0.1) is 12.5 Å². The Hall–Kier alpha value is -2.63. The molecule has 1 aromatic heterocycles. The van der Waals surface area contributed by atoms with E-state index in [1.807, 2.05) is 31.2 Å². The molecule has 1 atom stereocenters. The molecular weight excluding hydrogens is 320 g/mol. The van der Waals surface area contributed by atoms with Crippen LogP contribution in [-0.4, -0.2) is 41.6 Å². The molecule has 25 heavy (non-hydrogen) atoms. The zero-order chi connectivity index (χ0) is 17.8. The summed E-state index contributed by atoms with van der Waals surface area (Å²) in [7, 11) is 0. The van der Waals surface area contributed by atoms with Crippen molar-refractivity contribution in [3.63, 3.8) is 0 Å². The summed E-state index contributed by atoms with van der Waals surface area (Å²) < 4.78 is 10.4. The molecule has 0 aliphatic carbocycles. The fourth-order valence-corrected chi connectivity index (χ4v) is 3.01. The standard InChI is InChI=1S/C19H22N2O4/c1-3-24-19(23)15-5-4-10-21(12-15)18(22)16-11-17(25-20-16)14-8-6-13(2)7-9-14/h6-9,11,15H,3-5,10,12H2,1-2H3/t15-/m0/s1. The van der Waals surface area contributed by atoms with Crippen LogP contribution in [0.5, 0.6) is 0 Å². The molecule has 0 radical (unpaired) electrons. The maximum atomic E-state index is 12.7. The molecule has 132 valence electrons. The molecule has 6 heteroatoms. The van der Waals surface area contributed by atoms with Crippen LogP contribution in [0, 0.1) is 12.8 Å². The van der Waals surface area contributed by atoms with Gasteiger partial charge in [-0.3, -0.25) is 9.59 Å². The quantitative estimate of drug-likeness (QED) is 0.799. The summed E-state index contributed by atoms with van der Waals surface area (Å²) in [5, 5.41) is 3.91. The second-order valence-corrected chi connectivity index (χ2v) is 6.28. The fraction of sp³-hybridized carbons (Fsp3) is 0.421. The molecule has 1 saturated heterocycles. The van der Waals surface area contributed by atoms with E-state index in [-0.39, 0.29) is 23.5 Å². The predicted octanol–water partition coefficient (Wildman–Crippen LogP) is 3.07. The van der Waals surface area contributed by atoms with Gasteiger partial charge in [0.25, 0.3) is 5.91 Å². The summed E-state index contributed by atoms with van der Waals surface area (Å²) in [6.07, 6.45) is 1.52. The average Bonchev–Trinajstić information content (AvgIpc) is 3.12. The van der Waals surface area contributed by atoms with Gasteiger partial charge >= 0.3 is 5.97 Å². The Bertz CT molecular complexity index is 751. The Labute approximate surface area is 146 Å². The Balaban J connectivity index is 1.70. The lowest BCUT2D eigenvalue weighted by atomic mass is 9.98. The summed E-state index contributed by atoms with van der Waals surface area (Å²) in [6.45, 7) is 5.12. The molecule has 1 fully saturated rings. The summed E-state index contributed by atoms with van der Waals surface area (Å²) in [5.41, 5.74) is 2.29. The van der Waals surface area contributed by atoms with E-state index in [9.17, 15) is 9.59 Å². The van der Waals surface area contributed by atoms with Crippen molar-refractivity contribution in [1.82, 2.24) is 10.1 Å². The molecule has 0 saturated carbocycles. The highest BCUT2D eigenvalue weighted by Gasteiger charge is 2.31. The number of ether oxygens (including phenoxy) is 1. The van der Waals surface area contributed by atoms with Gasteiger partial charge in [0.1, 0.15) is 0 Å². The van der Waals surface area contributed by atoms with Gasteiger partial charge in [0.15, 0.2) is 11.5 Å². The number of likely N-dealkylation sites (tertiary alicyclic amines) is 1. The van der Waals surface area contributed by atoms with Gasteiger partial charge in [0.2, 0.25) is 0 Å². The van der Waals surface area contributed by atoms with Crippen molar-refractivity contribution in [3.05, 3.63) is 41.6 Å². The zero-order valence-corrected chi connectivity index (χ0v) is 14.5. The van der Waals surface area contributed by atoms with Gasteiger partial charge in [0, 0.05) is 24.7 Å². The highest BCUT2D eigenvalue weighted by Crippen LogP contribution is 2.23. The second-order valence-electron chi connectivity index (χ2n) is 6.28. The van der Waals surface area contributed by atoms with Crippen LogP contribution in [0.25, 0.3) is 11.3 Å². The minimum absolute atomic E-state index is 0.212. The Morgan fingerprint density at radius 3 is 2.80 bits per heavy atom. The van der Waals surface area contributed by atoms with Gasteiger partial charge in [-0.25, -0.2) is 0 Å². The van der Waals surface area contributed by atoms with Crippen molar-refractivity contribution in [2.24, 2.45) is 5.92 Å². The number of amides is 1. The number of nitrogens with zero attached hydrogens (tertiary/aromatic N) is 2. The number of carbonyl (C=O) groups excluding carboxylic acids is 2. The van der Waals surface area contributed by atoms with Crippen molar-refractivity contribution in [3.8, 4) is 11.3 Å². The van der Waals surface area contributed by atoms with Crippen molar-refractivity contribution in [2.45, 2.75) is 26.7 Å². The molecule has 0 N–H and O–H groups in total. The summed E-state index contributed by atoms with van der Waals surface area (Å²) >= 11 is 0. The highest BCUT2D eigenvalue weighted by molar-refractivity contribution is 5.93. The van der Waals surface area contributed by atoms with E-state index < -0.39 is 0 Å². The Morgan fingerprint density at radius 1 is 1.32 bits per heavy atom. The van der Waals surface area contributed by atoms with Gasteiger partial charge < -0.3 is 14.2 Å². The number of hydrogen-bond donors (Lipinski definition) is 0. The minimum Gasteiger partial charge on any atom is -0.466 e. The van der Waals surface area contributed by atoms with Crippen LogP contribution in [-0.2, 0) is 9.53 Å². The number of carbonyl (C=O) groups is 2. The van der Waals surface area contributed by atoms with Crippen molar-refractivity contribution in [2.75, 3.05) is 19.7 Å². The molecule has 2 heterocycles.